The van der Waals surface area contributed by atoms with Crippen molar-refractivity contribution in [2.45, 2.75) is 39.7 Å². The van der Waals surface area contributed by atoms with Crippen molar-refractivity contribution in [3.8, 4) is 5.75 Å². The third kappa shape index (κ3) is 2.86. The number of hydrogen-bond donors (Lipinski definition) is 1. The van der Waals surface area contributed by atoms with Crippen LogP contribution >= 0.6 is 11.6 Å². The molecule has 0 aliphatic carbocycles. The molecule has 0 bridgehead atoms. The molecule has 3 rings (SSSR count). The van der Waals surface area contributed by atoms with E-state index in [0.29, 0.717) is 17.9 Å². The van der Waals surface area contributed by atoms with Crippen LogP contribution in [0.2, 0.25) is 5.15 Å². The van der Waals surface area contributed by atoms with E-state index in [1.807, 2.05) is 32.6 Å². The topological polar surface area (TPSA) is 94.2 Å². The Kier molecular flexibility index (Phi) is 4.52. The van der Waals surface area contributed by atoms with Gasteiger partial charge in [-0.05, 0) is 27.7 Å². The van der Waals surface area contributed by atoms with Crippen LogP contribution in [0.4, 0.5) is 11.8 Å². The molecule has 7 nitrogen and oxygen atoms in total. The molecule has 0 unspecified atom stereocenters. The number of ether oxygens (including phenoxy) is 1. The molecule has 1 aliphatic rings. The summed E-state index contributed by atoms with van der Waals surface area (Å²) in [5.41, 5.74) is 8.32. The molecule has 8 heteroatoms. The first-order chi connectivity index (χ1) is 12.2. The van der Waals surface area contributed by atoms with E-state index in [-0.39, 0.29) is 23.4 Å². The molecule has 0 fully saturated rings. The third-order valence-corrected chi connectivity index (χ3v) is 5.18. The summed E-state index contributed by atoms with van der Waals surface area (Å²) in [6.07, 6.45) is 1.76. The van der Waals surface area contributed by atoms with E-state index in [4.69, 9.17) is 22.1 Å². The fourth-order valence-electron chi connectivity index (χ4n) is 3.33. The molecule has 0 radical (unpaired) electrons. The van der Waals surface area contributed by atoms with Crippen molar-refractivity contribution in [3.63, 3.8) is 0 Å². The lowest BCUT2D eigenvalue weighted by molar-refractivity contribution is -0.122. The fourth-order valence-corrected chi connectivity index (χ4v) is 3.74. The van der Waals surface area contributed by atoms with Gasteiger partial charge in [-0.2, -0.15) is 4.98 Å². The van der Waals surface area contributed by atoms with Crippen LogP contribution in [-0.2, 0) is 16.8 Å². The summed E-state index contributed by atoms with van der Waals surface area (Å²) in [7, 11) is 1.63. The zero-order valence-corrected chi connectivity index (χ0v) is 16.3. The SMILES string of the molecule is COc1c(C)cnc(CN2CC(=O)C(C)(C)c3c(Cl)nc(N)nc32)c1C. The van der Waals surface area contributed by atoms with E-state index in [1.165, 1.54) is 0 Å². The Bertz CT molecular complexity index is 898. The summed E-state index contributed by atoms with van der Waals surface area (Å²) in [5.74, 6) is 1.49. The minimum absolute atomic E-state index is 0.0389. The van der Waals surface area contributed by atoms with E-state index < -0.39 is 5.41 Å². The second-order valence-corrected chi connectivity index (χ2v) is 7.38. The first-order valence-corrected chi connectivity index (χ1v) is 8.65. The molecule has 0 aromatic carbocycles. The molecule has 138 valence electrons. The van der Waals surface area contributed by atoms with E-state index in [2.05, 4.69) is 15.0 Å². The summed E-state index contributed by atoms with van der Waals surface area (Å²) < 4.78 is 5.48. The number of anilines is 2. The predicted molar refractivity (Wildman–Crippen MR) is 101 cm³/mol. The van der Waals surface area contributed by atoms with Crippen LogP contribution in [0.3, 0.4) is 0 Å². The van der Waals surface area contributed by atoms with Crippen LogP contribution in [0.25, 0.3) is 0 Å². The first-order valence-electron chi connectivity index (χ1n) is 8.27. The molecule has 2 aromatic heterocycles. The van der Waals surface area contributed by atoms with Crippen molar-refractivity contribution >= 4 is 29.2 Å². The highest BCUT2D eigenvalue weighted by molar-refractivity contribution is 6.31. The van der Waals surface area contributed by atoms with Crippen molar-refractivity contribution in [1.82, 2.24) is 15.0 Å². The zero-order valence-electron chi connectivity index (χ0n) is 15.6. The van der Waals surface area contributed by atoms with Gasteiger partial charge in [0.25, 0.3) is 0 Å². The smallest absolute Gasteiger partial charge is 0.223 e. The largest absolute Gasteiger partial charge is 0.496 e. The number of carbonyl (C=O) groups is 1. The minimum atomic E-state index is -0.774. The van der Waals surface area contributed by atoms with Gasteiger partial charge in [0.15, 0.2) is 5.78 Å². The molecule has 2 N–H and O–H groups in total. The molecule has 0 saturated heterocycles. The Morgan fingerprint density at radius 2 is 2.04 bits per heavy atom. The average Bonchev–Trinajstić information content (AvgIpc) is 2.54. The van der Waals surface area contributed by atoms with Gasteiger partial charge in [0.1, 0.15) is 16.7 Å². The fraction of sp³-hybridized carbons (Fsp3) is 0.444. The highest BCUT2D eigenvalue weighted by atomic mass is 35.5. The summed E-state index contributed by atoms with van der Waals surface area (Å²) in [6, 6.07) is 0. The lowest BCUT2D eigenvalue weighted by atomic mass is 9.78. The van der Waals surface area contributed by atoms with Crippen LogP contribution in [0.15, 0.2) is 6.20 Å². The molecule has 2 aromatic rings. The maximum atomic E-state index is 12.7. The van der Waals surface area contributed by atoms with Crippen molar-refractivity contribution in [2.24, 2.45) is 0 Å². The van der Waals surface area contributed by atoms with Gasteiger partial charge >= 0.3 is 0 Å². The van der Waals surface area contributed by atoms with Gasteiger partial charge in [0, 0.05) is 22.9 Å². The Hall–Kier alpha value is -2.41. The van der Waals surface area contributed by atoms with Crippen LogP contribution in [-0.4, -0.2) is 34.4 Å². The number of nitrogen functional groups attached to an aromatic ring is 1. The number of halogens is 1. The summed E-state index contributed by atoms with van der Waals surface area (Å²) in [5, 5.41) is 0.210. The first kappa shape index (κ1) is 18.4. The van der Waals surface area contributed by atoms with Gasteiger partial charge in [-0.25, -0.2) is 4.98 Å². The molecular weight excluding hydrogens is 354 g/mol. The standard InChI is InChI=1S/C18H22ClN5O2/c1-9-6-21-11(10(2)14(9)26-5)7-24-8-12(25)18(3,4)13-15(19)22-17(20)23-16(13)24/h6H,7-8H2,1-5H3,(H2,20,22,23). The molecular formula is C18H22ClN5O2. The van der Waals surface area contributed by atoms with Gasteiger partial charge in [0.05, 0.1) is 31.3 Å². The molecule has 0 saturated carbocycles. The van der Waals surface area contributed by atoms with E-state index in [9.17, 15) is 4.79 Å². The van der Waals surface area contributed by atoms with Crippen molar-refractivity contribution < 1.29 is 9.53 Å². The summed E-state index contributed by atoms with van der Waals surface area (Å²) >= 11 is 6.32. The number of fused-ring (bicyclic) bond motifs is 1. The second kappa shape index (κ2) is 6.39. The molecule has 26 heavy (non-hydrogen) atoms. The Labute approximate surface area is 157 Å². The maximum absolute atomic E-state index is 12.7. The van der Waals surface area contributed by atoms with Gasteiger partial charge in [-0.1, -0.05) is 11.6 Å². The van der Waals surface area contributed by atoms with E-state index in [0.717, 1.165) is 22.6 Å². The third-order valence-electron chi connectivity index (χ3n) is 4.91. The zero-order chi connectivity index (χ0) is 19.2. The number of nitrogens with two attached hydrogens (primary N) is 1. The minimum Gasteiger partial charge on any atom is -0.496 e. The Balaban J connectivity index is 2.10. The molecule has 0 spiro atoms. The normalized spacial score (nSPS) is 15.8. The lowest BCUT2D eigenvalue weighted by Gasteiger charge is -2.38. The number of Topliss-reactive ketones (excluding diaryl/α,β-unsaturated/α-hetero) is 1. The lowest BCUT2D eigenvalue weighted by Crippen LogP contribution is -2.46. The molecule has 3 heterocycles. The monoisotopic (exact) mass is 375 g/mol. The van der Waals surface area contributed by atoms with Gasteiger partial charge < -0.3 is 15.4 Å². The quantitative estimate of drug-likeness (QED) is 0.824. The number of carbonyl (C=O) groups excluding carboxylic acids is 1. The van der Waals surface area contributed by atoms with E-state index >= 15 is 0 Å². The van der Waals surface area contributed by atoms with E-state index in [1.54, 1.807) is 13.3 Å². The summed E-state index contributed by atoms with van der Waals surface area (Å²) in [6.45, 7) is 8.14. The van der Waals surface area contributed by atoms with Crippen LogP contribution < -0.4 is 15.4 Å². The number of ketones is 1. The van der Waals surface area contributed by atoms with Gasteiger partial charge in [-0.3, -0.25) is 9.78 Å². The van der Waals surface area contributed by atoms with Crippen LogP contribution in [0.5, 0.6) is 5.75 Å². The number of nitrogens with zero attached hydrogens (tertiary/aromatic N) is 4. The number of methoxy groups -OCH3 is 1. The van der Waals surface area contributed by atoms with Crippen molar-refractivity contribution in [2.75, 3.05) is 24.3 Å². The van der Waals surface area contributed by atoms with Gasteiger partial charge in [-0.15, -0.1) is 0 Å². The van der Waals surface area contributed by atoms with Gasteiger partial charge in [0.2, 0.25) is 5.95 Å². The highest BCUT2D eigenvalue weighted by Gasteiger charge is 2.42. The average molecular weight is 376 g/mol. The second-order valence-electron chi connectivity index (χ2n) is 7.02. The van der Waals surface area contributed by atoms with Crippen molar-refractivity contribution in [1.29, 1.82) is 0 Å². The van der Waals surface area contributed by atoms with Crippen LogP contribution in [0, 0.1) is 13.8 Å². The number of aromatic nitrogens is 3. The summed E-state index contributed by atoms with van der Waals surface area (Å²) in [4.78, 5) is 27.5. The Morgan fingerprint density at radius 3 is 2.69 bits per heavy atom. The number of aryl methyl sites for hydroxylation is 1. The molecule has 0 atom stereocenters. The van der Waals surface area contributed by atoms with Crippen LogP contribution in [0.1, 0.15) is 36.2 Å². The molecule has 0 amide bonds. The Morgan fingerprint density at radius 1 is 1.35 bits per heavy atom. The maximum Gasteiger partial charge on any atom is 0.223 e. The predicted octanol–water partition coefficient (Wildman–Crippen LogP) is 2.60. The number of pyridine rings is 1. The van der Waals surface area contributed by atoms with Crippen molar-refractivity contribution in [3.05, 3.63) is 33.7 Å². The number of rotatable bonds is 3. The number of hydrogen-bond acceptors (Lipinski definition) is 7. The molecule has 1 aliphatic heterocycles. The highest BCUT2D eigenvalue weighted by Crippen LogP contribution is 2.41.